The summed E-state index contributed by atoms with van der Waals surface area (Å²) in [5, 5.41) is 11.9. The van der Waals surface area contributed by atoms with Crippen LogP contribution in [-0.2, 0) is 25.7 Å². The van der Waals surface area contributed by atoms with E-state index < -0.39 is 6.10 Å². The lowest BCUT2D eigenvalue weighted by Gasteiger charge is -2.15. The first kappa shape index (κ1) is 28.4. The van der Waals surface area contributed by atoms with Crippen LogP contribution in [0, 0.1) is 0 Å². The molecule has 2 aromatic heterocycles. The Labute approximate surface area is 263 Å². The van der Waals surface area contributed by atoms with E-state index in [-0.39, 0.29) is 5.78 Å². The van der Waals surface area contributed by atoms with Crippen molar-refractivity contribution in [1.82, 2.24) is 9.97 Å². The molecule has 0 bridgehead atoms. The summed E-state index contributed by atoms with van der Waals surface area (Å²) in [5.41, 5.74) is 6.91. The van der Waals surface area contributed by atoms with Gasteiger partial charge in [0, 0.05) is 35.8 Å². The number of carbonyl (C=O) groups excluding carboxylic acids is 1. The number of aryl methyl sites for hydroxylation is 2. The van der Waals surface area contributed by atoms with Crippen LogP contribution >= 0.6 is 86.9 Å². The smallest absolute Gasteiger partial charge is 0.211 e. The van der Waals surface area contributed by atoms with Gasteiger partial charge in [-0.05, 0) is 148 Å². The van der Waals surface area contributed by atoms with Gasteiger partial charge in [0.05, 0.1) is 15.7 Å². The average Bonchev–Trinajstić information content (AvgIpc) is 3.12. The molecule has 4 nitrogen and oxygen atoms in total. The molecule has 194 valence electrons. The molecule has 1 N–H and O–H groups in total. The predicted molar refractivity (Wildman–Crippen MR) is 164 cm³/mol. The number of benzene rings is 2. The number of rotatable bonds is 0. The number of ketones is 1. The summed E-state index contributed by atoms with van der Waals surface area (Å²) >= 11 is 26.0. The largest absolute Gasteiger partial charge is 0.382 e. The zero-order valence-corrected chi connectivity index (χ0v) is 27.4. The molecule has 2 aromatic carbocycles. The Kier molecular flexibility index (Phi) is 8.80. The van der Waals surface area contributed by atoms with E-state index in [2.05, 4.69) is 73.7 Å². The van der Waals surface area contributed by atoms with Crippen molar-refractivity contribution in [2.75, 3.05) is 0 Å². The number of carbonyl (C=O) groups is 1. The van der Waals surface area contributed by atoms with Crippen LogP contribution in [0.15, 0.2) is 66.7 Å². The number of halogens is 6. The lowest BCUT2D eigenvalue weighted by molar-refractivity contribution is 0.103. The molecule has 2 aliphatic rings. The molecule has 0 spiro atoms. The topological polar surface area (TPSA) is 63.1 Å². The fourth-order valence-corrected chi connectivity index (χ4v) is 6.99. The predicted octanol–water partition coefficient (Wildman–Crippen LogP) is 9.03. The van der Waals surface area contributed by atoms with Gasteiger partial charge in [0.1, 0.15) is 11.8 Å². The van der Waals surface area contributed by atoms with Crippen LogP contribution in [0.3, 0.4) is 0 Å². The van der Waals surface area contributed by atoms with Gasteiger partial charge in [-0.2, -0.15) is 0 Å². The number of aliphatic hydroxyl groups is 1. The summed E-state index contributed by atoms with van der Waals surface area (Å²) < 4.78 is 3.51. The molecule has 0 saturated carbocycles. The third-order valence-corrected chi connectivity index (χ3v) is 10.4. The molecule has 4 aromatic rings. The summed E-state index contributed by atoms with van der Waals surface area (Å²) in [7, 11) is 0. The lowest BCUT2D eigenvalue weighted by atomic mass is 10.0. The van der Waals surface area contributed by atoms with E-state index in [1.54, 1.807) is 30.6 Å². The molecule has 2 heterocycles. The van der Waals surface area contributed by atoms with Crippen molar-refractivity contribution in [2.45, 2.75) is 31.8 Å². The molecule has 2 aliphatic carbocycles. The van der Waals surface area contributed by atoms with Crippen LogP contribution < -0.4 is 0 Å². The Morgan fingerprint density at radius 1 is 0.763 bits per heavy atom. The van der Waals surface area contributed by atoms with E-state index >= 15 is 0 Å². The van der Waals surface area contributed by atoms with Gasteiger partial charge in [0.25, 0.3) is 0 Å². The zero-order valence-electron chi connectivity index (χ0n) is 19.5. The number of fused-ring (bicyclic) bond motifs is 4. The Morgan fingerprint density at radius 2 is 1.34 bits per heavy atom. The number of nitrogens with zero attached hydrogens (tertiary/aromatic N) is 2. The molecular formula is C28H18Br4Cl2N2O2. The van der Waals surface area contributed by atoms with Crippen molar-refractivity contribution in [3.05, 3.63) is 121 Å². The fourth-order valence-electron chi connectivity index (χ4n) is 4.78. The van der Waals surface area contributed by atoms with Crippen molar-refractivity contribution in [3.63, 3.8) is 0 Å². The highest BCUT2D eigenvalue weighted by Crippen LogP contribution is 2.38. The molecule has 0 fully saturated rings. The van der Waals surface area contributed by atoms with Crippen LogP contribution in [0.1, 0.15) is 55.7 Å². The number of hydrogen-bond acceptors (Lipinski definition) is 4. The second kappa shape index (κ2) is 11.8. The maximum absolute atomic E-state index is 12.6. The Bertz CT molecular complexity index is 1600. The van der Waals surface area contributed by atoms with E-state index in [0.29, 0.717) is 21.3 Å². The van der Waals surface area contributed by atoms with Crippen molar-refractivity contribution < 1.29 is 9.90 Å². The minimum Gasteiger partial charge on any atom is -0.382 e. The number of pyridine rings is 2. The van der Waals surface area contributed by atoms with E-state index in [1.807, 2.05) is 18.2 Å². The first-order valence-corrected chi connectivity index (χ1v) is 15.5. The lowest BCUT2D eigenvalue weighted by Crippen LogP contribution is -2.07. The number of aromatic nitrogens is 2. The third-order valence-electron chi connectivity index (χ3n) is 6.63. The summed E-state index contributed by atoms with van der Waals surface area (Å²) in [6.45, 7) is 0. The minimum absolute atomic E-state index is 0.0348. The van der Waals surface area contributed by atoms with Crippen LogP contribution in [0.4, 0.5) is 0 Å². The van der Waals surface area contributed by atoms with E-state index in [9.17, 15) is 9.90 Å². The highest BCUT2D eigenvalue weighted by Gasteiger charge is 2.26. The number of aliphatic hydroxyl groups excluding tert-OH is 1. The SMILES string of the molecule is O=C1c2ccc(Cl)c(Br)c2CCc2cc(Br)cnc21.OC1c2ccc(Cl)c(Br)c2CCc2cc(Br)cnc21. The van der Waals surface area contributed by atoms with E-state index in [0.717, 1.165) is 77.1 Å². The molecule has 6 rings (SSSR count). The quantitative estimate of drug-likeness (QED) is 0.193. The van der Waals surface area contributed by atoms with E-state index in [4.69, 9.17) is 23.2 Å². The molecule has 1 unspecified atom stereocenters. The highest BCUT2D eigenvalue weighted by molar-refractivity contribution is 9.11. The second-order valence-electron chi connectivity index (χ2n) is 8.91. The molecule has 0 aliphatic heterocycles. The standard InChI is InChI=1S/C14H10Br2ClNO.C14H8Br2ClNO/c2*15-8-5-7-1-2-9-10(3-4-11(17)12(9)16)14(19)13(7)18-6-8/h3-6,14,19H,1-2H2;3-6H,1-2H2. The molecule has 10 heteroatoms. The molecule has 38 heavy (non-hydrogen) atoms. The monoisotopic (exact) mass is 800 g/mol. The Hall–Kier alpha value is -1.13. The third kappa shape index (κ3) is 5.55. The minimum atomic E-state index is -0.700. The molecular weight excluding hydrogens is 787 g/mol. The number of hydrogen-bond donors (Lipinski definition) is 1. The van der Waals surface area contributed by atoms with Gasteiger partial charge in [-0.25, -0.2) is 0 Å². The van der Waals surface area contributed by atoms with Gasteiger partial charge in [-0.3, -0.25) is 14.8 Å². The normalized spacial score (nSPS) is 15.7. The molecule has 0 radical (unpaired) electrons. The average molecular weight is 805 g/mol. The fraction of sp³-hybridized carbons (Fsp3) is 0.179. The van der Waals surface area contributed by atoms with Crippen molar-refractivity contribution in [3.8, 4) is 0 Å². The van der Waals surface area contributed by atoms with Crippen LogP contribution in [-0.4, -0.2) is 20.9 Å². The van der Waals surface area contributed by atoms with E-state index in [1.165, 1.54) is 0 Å². The Balaban J connectivity index is 0.000000155. The second-order valence-corrected chi connectivity index (χ2v) is 13.1. The zero-order chi connectivity index (χ0) is 27.1. The maximum atomic E-state index is 12.6. The Morgan fingerprint density at radius 3 is 2.08 bits per heavy atom. The first-order chi connectivity index (χ1) is 18.2. The van der Waals surface area contributed by atoms with Crippen molar-refractivity contribution in [2.24, 2.45) is 0 Å². The van der Waals surface area contributed by atoms with Crippen molar-refractivity contribution in [1.29, 1.82) is 0 Å². The molecule has 0 amide bonds. The van der Waals surface area contributed by atoms with Crippen molar-refractivity contribution >= 4 is 92.7 Å². The van der Waals surface area contributed by atoms with Gasteiger partial charge in [0.2, 0.25) is 5.78 Å². The maximum Gasteiger partial charge on any atom is 0.211 e. The van der Waals surface area contributed by atoms with Crippen LogP contribution in [0.2, 0.25) is 10.0 Å². The molecule has 0 saturated heterocycles. The van der Waals surface area contributed by atoms with Gasteiger partial charge in [-0.1, -0.05) is 29.3 Å². The summed E-state index contributed by atoms with van der Waals surface area (Å²) in [6.07, 6.45) is 5.90. The van der Waals surface area contributed by atoms with Gasteiger partial charge < -0.3 is 5.11 Å². The van der Waals surface area contributed by atoms with Crippen LogP contribution in [0.25, 0.3) is 0 Å². The first-order valence-electron chi connectivity index (χ1n) is 11.6. The summed E-state index contributed by atoms with van der Waals surface area (Å²) in [5.74, 6) is -0.0348. The summed E-state index contributed by atoms with van der Waals surface area (Å²) in [4.78, 5) is 21.2. The summed E-state index contributed by atoms with van der Waals surface area (Å²) in [6, 6.07) is 11.2. The van der Waals surface area contributed by atoms with Gasteiger partial charge in [0.15, 0.2) is 0 Å². The van der Waals surface area contributed by atoms with Gasteiger partial charge >= 0.3 is 0 Å². The van der Waals surface area contributed by atoms with Gasteiger partial charge in [-0.15, -0.1) is 0 Å². The van der Waals surface area contributed by atoms with Crippen LogP contribution in [0.5, 0.6) is 0 Å². The molecule has 1 atom stereocenters. The highest BCUT2D eigenvalue weighted by atomic mass is 79.9.